The highest BCUT2D eigenvalue weighted by Crippen LogP contribution is 2.35. The first kappa shape index (κ1) is 14.6. The van der Waals surface area contributed by atoms with Gasteiger partial charge < -0.3 is 4.74 Å². The summed E-state index contributed by atoms with van der Waals surface area (Å²) in [5.74, 6) is 0. The summed E-state index contributed by atoms with van der Waals surface area (Å²) in [5, 5.41) is 0. The molecule has 0 amide bonds. The van der Waals surface area contributed by atoms with Crippen molar-refractivity contribution < 1.29 is 17.9 Å². The lowest BCUT2D eigenvalue weighted by Crippen LogP contribution is -2.24. The lowest BCUT2D eigenvalue weighted by Gasteiger charge is -2.21. The smallest absolute Gasteiger partial charge is 0.364 e. The van der Waals surface area contributed by atoms with Gasteiger partial charge in [-0.2, -0.15) is 13.2 Å². The molecule has 4 heteroatoms. The second kappa shape index (κ2) is 6.57. The largest absolute Gasteiger partial charge is 0.418 e. The number of hydrogen-bond acceptors (Lipinski definition) is 1. The monoisotopic (exact) mass is 280 g/mol. The lowest BCUT2D eigenvalue weighted by atomic mass is 10.1. The zero-order valence-electron chi connectivity index (χ0n) is 10.8. The molecule has 20 heavy (non-hydrogen) atoms. The highest BCUT2D eigenvalue weighted by atomic mass is 19.4. The molecular formula is C16H15F3O. The van der Waals surface area contributed by atoms with Crippen molar-refractivity contribution in [1.29, 1.82) is 0 Å². The fraction of sp³-hybridized carbons (Fsp3) is 0.250. The molecule has 0 aromatic heterocycles. The number of halogens is 3. The molecule has 0 heterocycles. The fourth-order valence-electron chi connectivity index (χ4n) is 1.95. The van der Waals surface area contributed by atoms with Gasteiger partial charge in [-0.3, -0.25) is 0 Å². The van der Waals surface area contributed by atoms with Gasteiger partial charge in [-0.25, -0.2) is 0 Å². The van der Waals surface area contributed by atoms with E-state index in [1.54, 1.807) is 18.2 Å². The Morgan fingerprint density at radius 1 is 0.850 bits per heavy atom. The highest BCUT2D eigenvalue weighted by molar-refractivity contribution is 5.19. The molecule has 2 aromatic rings. The van der Waals surface area contributed by atoms with E-state index < -0.39 is 12.3 Å². The van der Waals surface area contributed by atoms with Gasteiger partial charge in [-0.1, -0.05) is 60.7 Å². The van der Waals surface area contributed by atoms with Gasteiger partial charge in [-0.15, -0.1) is 0 Å². The zero-order chi connectivity index (χ0) is 14.4. The summed E-state index contributed by atoms with van der Waals surface area (Å²) in [4.78, 5) is 0. The average Bonchev–Trinajstić information content (AvgIpc) is 2.44. The van der Waals surface area contributed by atoms with Crippen LogP contribution in [0.1, 0.15) is 17.2 Å². The van der Waals surface area contributed by atoms with E-state index in [0.717, 1.165) is 5.56 Å². The van der Waals surface area contributed by atoms with Crippen LogP contribution in [0.2, 0.25) is 0 Å². The van der Waals surface area contributed by atoms with Crippen molar-refractivity contribution in [3.63, 3.8) is 0 Å². The van der Waals surface area contributed by atoms with E-state index >= 15 is 0 Å². The molecular weight excluding hydrogens is 265 g/mol. The Morgan fingerprint density at radius 2 is 1.40 bits per heavy atom. The van der Waals surface area contributed by atoms with Gasteiger partial charge in [-0.05, 0) is 17.5 Å². The summed E-state index contributed by atoms with van der Waals surface area (Å²) in [6.07, 6.45) is -5.81. The summed E-state index contributed by atoms with van der Waals surface area (Å²) in [6.45, 7) is 0.0308. The summed E-state index contributed by atoms with van der Waals surface area (Å²) in [6, 6.07) is 17.0. The van der Waals surface area contributed by atoms with E-state index in [-0.39, 0.29) is 12.2 Å². The molecule has 0 spiro atoms. The minimum atomic E-state index is -4.40. The Hall–Kier alpha value is -1.81. The summed E-state index contributed by atoms with van der Waals surface area (Å²) in [5.41, 5.74) is 1.09. The highest BCUT2D eigenvalue weighted by Gasteiger charge is 2.41. The van der Waals surface area contributed by atoms with E-state index in [1.165, 1.54) is 12.1 Å². The van der Waals surface area contributed by atoms with Crippen LogP contribution in [-0.2, 0) is 11.2 Å². The SMILES string of the molecule is FC(F)(F)C(OCCc1ccccc1)c1ccccc1. The van der Waals surface area contributed by atoms with Crippen molar-refractivity contribution in [1.82, 2.24) is 0 Å². The van der Waals surface area contributed by atoms with E-state index in [0.29, 0.717) is 6.42 Å². The summed E-state index contributed by atoms with van der Waals surface area (Å²) >= 11 is 0. The first-order chi connectivity index (χ1) is 9.57. The van der Waals surface area contributed by atoms with E-state index in [9.17, 15) is 13.2 Å². The van der Waals surface area contributed by atoms with Crippen molar-refractivity contribution in [2.75, 3.05) is 6.61 Å². The van der Waals surface area contributed by atoms with Crippen LogP contribution in [-0.4, -0.2) is 12.8 Å². The van der Waals surface area contributed by atoms with E-state index in [4.69, 9.17) is 4.74 Å². The van der Waals surface area contributed by atoms with Crippen molar-refractivity contribution in [2.24, 2.45) is 0 Å². The van der Waals surface area contributed by atoms with Crippen LogP contribution in [0.3, 0.4) is 0 Å². The predicted octanol–water partition coefficient (Wildman–Crippen LogP) is 4.55. The molecule has 0 fully saturated rings. The zero-order valence-corrected chi connectivity index (χ0v) is 10.8. The van der Waals surface area contributed by atoms with Crippen LogP contribution >= 0.6 is 0 Å². The maximum absolute atomic E-state index is 13.0. The number of alkyl halides is 3. The maximum atomic E-state index is 13.0. The first-order valence-electron chi connectivity index (χ1n) is 6.34. The third-order valence-electron chi connectivity index (χ3n) is 2.92. The van der Waals surface area contributed by atoms with Crippen LogP contribution in [0.25, 0.3) is 0 Å². The molecule has 0 saturated carbocycles. The van der Waals surface area contributed by atoms with Gasteiger partial charge >= 0.3 is 6.18 Å². The standard InChI is InChI=1S/C16H15F3O/c17-16(18,19)15(14-9-5-2-6-10-14)20-12-11-13-7-3-1-4-8-13/h1-10,15H,11-12H2. The number of hydrogen-bond donors (Lipinski definition) is 0. The van der Waals surface area contributed by atoms with Gasteiger partial charge in [0, 0.05) is 0 Å². The molecule has 0 aliphatic heterocycles. The van der Waals surface area contributed by atoms with E-state index in [1.807, 2.05) is 30.3 Å². The topological polar surface area (TPSA) is 9.23 Å². The van der Waals surface area contributed by atoms with Gasteiger partial charge in [0.05, 0.1) is 6.61 Å². The number of rotatable bonds is 5. The Bertz CT molecular complexity index is 508. The Balaban J connectivity index is 1.99. The van der Waals surface area contributed by atoms with Crippen molar-refractivity contribution in [3.8, 4) is 0 Å². The predicted molar refractivity (Wildman–Crippen MR) is 71.3 cm³/mol. The molecule has 1 unspecified atom stereocenters. The van der Waals surface area contributed by atoms with Gasteiger partial charge in [0.15, 0.2) is 6.10 Å². The average molecular weight is 280 g/mol. The Labute approximate surface area is 116 Å². The third-order valence-corrected chi connectivity index (χ3v) is 2.92. The number of ether oxygens (including phenoxy) is 1. The normalized spacial score (nSPS) is 13.2. The second-order valence-electron chi connectivity index (χ2n) is 4.44. The molecule has 1 atom stereocenters. The maximum Gasteiger partial charge on any atom is 0.418 e. The molecule has 0 aliphatic carbocycles. The summed E-state index contributed by atoms with van der Waals surface area (Å²) in [7, 11) is 0. The molecule has 0 bridgehead atoms. The molecule has 0 radical (unpaired) electrons. The van der Waals surface area contributed by atoms with E-state index in [2.05, 4.69) is 0 Å². The molecule has 0 aliphatic rings. The third kappa shape index (κ3) is 4.10. The minimum absolute atomic E-state index is 0.0308. The van der Waals surface area contributed by atoms with Crippen molar-refractivity contribution >= 4 is 0 Å². The van der Waals surface area contributed by atoms with Crippen LogP contribution in [0, 0.1) is 0 Å². The Morgan fingerprint density at radius 3 is 1.95 bits per heavy atom. The molecule has 1 nitrogen and oxygen atoms in total. The van der Waals surface area contributed by atoms with Crippen LogP contribution < -0.4 is 0 Å². The molecule has 0 saturated heterocycles. The van der Waals surface area contributed by atoms with Crippen molar-refractivity contribution in [3.05, 3.63) is 71.8 Å². The molecule has 0 N–H and O–H groups in total. The lowest BCUT2D eigenvalue weighted by molar-refractivity contribution is -0.223. The number of benzene rings is 2. The van der Waals surface area contributed by atoms with Crippen LogP contribution in [0.5, 0.6) is 0 Å². The van der Waals surface area contributed by atoms with Crippen LogP contribution in [0.15, 0.2) is 60.7 Å². The van der Waals surface area contributed by atoms with Crippen LogP contribution in [0.4, 0.5) is 13.2 Å². The van der Waals surface area contributed by atoms with Gasteiger partial charge in [0.1, 0.15) is 0 Å². The van der Waals surface area contributed by atoms with Gasteiger partial charge in [0.2, 0.25) is 0 Å². The molecule has 2 aromatic carbocycles. The first-order valence-corrected chi connectivity index (χ1v) is 6.34. The van der Waals surface area contributed by atoms with Crippen molar-refractivity contribution in [2.45, 2.75) is 18.7 Å². The Kier molecular flexibility index (Phi) is 4.79. The molecule has 2 rings (SSSR count). The molecule has 106 valence electrons. The second-order valence-corrected chi connectivity index (χ2v) is 4.44. The summed E-state index contributed by atoms with van der Waals surface area (Å²) < 4.78 is 44.1. The fourth-order valence-corrected chi connectivity index (χ4v) is 1.95. The quantitative estimate of drug-likeness (QED) is 0.780. The van der Waals surface area contributed by atoms with Gasteiger partial charge in [0.25, 0.3) is 0 Å². The minimum Gasteiger partial charge on any atom is -0.364 e.